The van der Waals surface area contributed by atoms with Gasteiger partial charge in [0.25, 0.3) is 0 Å². The van der Waals surface area contributed by atoms with Gasteiger partial charge in [0.15, 0.2) is 0 Å². The zero-order valence-electron chi connectivity index (χ0n) is 29.6. The lowest BCUT2D eigenvalue weighted by atomic mass is 9.93. The average molecular weight is 706 g/mol. The highest BCUT2D eigenvalue weighted by Gasteiger charge is 2.29. The lowest BCUT2D eigenvalue weighted by Crippen LogP contribution is -2.49. The molecule has 11 heteroatoms. The predicted octanol–water partition coefficient (Wildman–Crippen LogP) is 7.20. The van der Waals surface area contributed by atoms with Crippen LogP contribution < -0.4 is 20.3 Å². The molecule has 0 amide bonds. The Hall–Kier alpha value is -4.71. The van der Waals surface area contributed by atoms with Gasteiger partial charge in [0.2, 0.25) is 15.8 Å². The van der Waals surface area contributed by atoms with E-state index in [0.717, 1.165) is 48.6 Å². The molecule has 1 aromatic heterocycles. The first-order valence-electron chi connectivity index (χ1n) is 17.8. The van der Waals surface area contributed by atoms with Crippen LogP contribution >= 0.6 is 0 Å². The van der Waals surface area contributed by atoms with Crippen LogP contribution in [0.4, 0.5) is 28.8 Å². The maximum Gasteiger partial charge on any atom is 0.229 e. The number of para-hydroxylation sites is 2. The van der Waals surface area contributed by atoms with E-state index < -0.39 is 9.84 Å². The zero-order valence-corrected chi connectivity index (χ0v) is 30.4. The molecule has 2 aliphatic heterocycles. The summed E-state index contributed by atoms with van der Waals surface area (Å²) in [5.41, 5.74) is 3.01. The van der Waals surface area contributed by atoms with E-state index in [-0.39, 0.29) is 9.79 Å². The van der Waals surface area contributed by atoms with E-state index >= 15 is 0 Å². The molecular formula is C40H47N7O3S. The number of anilines is 5. The molecule has 51 heavy (non-hydrogen) atoms. The Bertz CT molecular complexity index is 2070. The zero-order chi connectivity index (χ0) is 35.4. The van der Waals surface area contributed by atoms with Gasteiger partial charge < -0.3 is 25.2 Å². The minimum Gasteiger partial charge on any atom is -0.494 e. The second-order valence-electron chi connectivity index (χ2n) is 13.8. The topological polar surface area (TPSA) is 103 Å². The highest BCUT2D eigenvalue weighted by molar-refractivity contribution is 7.91. The fraction of sp³-hybridized carbons (Fsp3) is 0.350. The standard InChI is InChI=1S/C40H47N7O3S/c1-45(2)27-29-12-11-23-47(28-29)30-21-24-46(25-22-30)31-19-20-35(37(26-31)50-3)43-40-42-34-16-8-7-15-33(34)39(44-40)41-36-17-9-10-18-38(36)51(48,49)32-13-5-4-6-14-32/h4-10,13-20,26,29-30H,11-12,21-25,27-28H2,1-3H3,(H2,41,42,43,44). The number of methoxy groups -OCH3 is 1. The van der Waals surface area contributed by atoms with Crippen LogP contribution in [0.1, 0.15) is 25.7 Å². The summed E-state index contributed by atoms with van der Waals surface area (Å²) in [5, 5.41) is 7.46. The maximum absolute atomic E-state index is 13.7. The summed E-state index contributed by atoms with van der Waals surface area (Å²) in [6, 6.07) is 29.9. The van der Waals surface area contributed by atoms with Gasteiger partial charge in [0.1, 0.15) is 11.6 Å². The average Bonchev–Trinajstić information content (AvgIpc) is 3.15. The fourth-order valence-electron chi connectivity index (χ4n) is 7.57. The SMILES string of the molecule is COc1cc(N2CCC(N3CCCC(CN(C)C)C3)CC2)ccc1Nc1nc(Nc2ccccc2S(=O)(=O)c2ccccc2)c2ccccc2n1. The third-order valence-corrected chi connectivity index (χ3v) is 11.9. The monoisotopic (exact) mass is 705 g/mol. The van der Waals surface area contributed by atoms with E-state index in [1.807, 2.05) is 30.3 Å². The van der Waals surface area contributed by atoms with E-state index in [4.69, 9.17) is 14.7 Å². The number of nitrogens with one attached hydrogen (secondary N) is 2. The van der Waals surface area contributed by atoms with Gasteiger partial charge >= 0.3 is 0 Å². The predicted molar refractivity (Wildman–Crippen MR) is 206 cm³/mol. The van der Waals surface area contributed by atoms with Crippen LogP contribution in [0.2, 0.25) is 0 Å². The Morgan fingerprint density at radius 3 is 2.35 bits per heavy atom. The molecule has 10 nitrogen and oxygen atoms in total. The molecule has 5 aromatic rings. The number of aromatic nitrogens is 2. The van der Waals surface area contributed by atoms with Crippen LogP contribution in [-0.4, -0.2) is 88.2 Å². The van der Waals surface area contributed by atoms with E-state index in [1.54, 1.807) is 61.7 Å². The summed E-state index contributed by atoms with van der Waals surface area (Å²) in [5.74, 6) is 2.31. The van der Waals surface area contributed by atoms with Crippen molar-refractivity contribution in [3.8, 4) is 5.75 Å². The first kappa shape index (κ1) is 34.7. The van der Waals surface area contributed by atoms with E-state index in [9.17, 15) is 8.42 Å². The molecule has 0 aliphatic carbocycles. The van der Waals surface area contributed by atoms with Crippen molar-refractivity contribution >= 4 is 49.6 Å². The van der Waals surface area contributed by atoms with E-state index in [1.165, 1.54) is 32.5 Å². The van der Waals surface area contributed by atoms with Gasteiger partial charge in [-0.05, 0) is 101 Å². The molecule has 3 heterocycles. The van der Waals surface area contributed by atoms with Crippen LogP contribution in [0.25, 0.3) is 10.9 Å². The molecule has 0 bridgehead atoms. The summed E-state index contributed by atoms with van der Waals surface area (Å²) in [6.45, 7) is 5.63. The summed E-state index contributed by atoms with van der Waals surface area (Å²) >= 11 is 0. The minimum absolute atomic E-state index is 0.166. The summed E-state index contributed by atoms with van der Waals surface area (Å²) in [7, 11) is 2.25. The molecule has 4 aromatic carbocycles. The Morgan fingerprint density at radius 2 is 1.57 bits per heavy atom. The number of rotatable bonds is 11. The molecule has 0 radical (unpaired) electrons. The second-order valence-corrected chi connectivity index (χ2v) is 15.8. The first-order chi connectivity index (χ1) is 24.8. The number of nitrogens with zero attached hydrogens (tertiary/aromatic N) is 5. The van der Waals surface area contributed by atoms with Crippen molar-refractivity contribution in [3.63, 3.8) is 0 Å². The molecule has 266 valence electrons. The largest absolute Gasteiger partial charge is 0.494 e. The van der Waals surface area contributed by atoms with Gasteiger partial charge in [-0.1, -0.05) is 42.5 Å². The number of piperidine rings is 2. The number of likely N-dealkylation sites (tertiary alicyclic amines) is 1. The second kappa shape index (κ2) is 15.3. The lowest BCUT2D eigenvalue weighted by Gasteiger charge is -2.43. The lowest BCUT2D eigenvalue weighted by molar-refractivity contribution is 0.0950. The quantitative estimate of drug-likeness (QED) is 0.147. The van der Waals surface area contributed by atoms with Crippen molar-refractivity contribution in [1.29, 1.82) is 0 Å². The number of sulfone groups is 1. The van der Waals surface area contributed by atoms with Crippen LogP contribution in [-0.2, 0) is 9.84 Å². The smallest absolute Gasteiger partial charge is 0.229 e. The minimum atomic E-state index is -3.79. The van der Waals surface area contributed by atoms with E-state index in [0.29, 0.717) is 34.8 Å². The Morgan fingerprint density at radius 1 is 0.824 bits per heavy atom. The van der Waals surface area contributed by atoms with Gasteiger partial charge in [-0.2, -0.15) is 4.98 Å². The highest BCUT2D eigenvalue weighted by atomic mass is 32.2. The number of benzene rings is 4. The molecule has 1 unspecified atom stereocenters. The van der Waals surface area contributed by atoms with Crippen molar-refractivity contribution < 1.29 is 13.2 Å². The number of hydrogen-bond donors (Lipinski definition) is 2. The van der Waals surface area contributed by atoms with Crippen molar-refractivity contribution in [2.45, 2.75) is 41.5 Å². The van der Waals surface area contributed by atoms with Gasteiger partial charge in [0.05, 0.1) is 33.8 Å². The molecule has 2 fully saturated rings. The molecule has 1 atom stereocenters. The van der Waals surface area contributed by atoms with Gasteiger partial charge in [0, 0.05) is 49.4 Å². The van der Waals surface area contributed by atoms with Crippen LogP contribution in [0.5, 0.6) is 5.75 Å². The van der Waals surface area contributed by atoms with Crippen LogP contribution in [0.3, 0.4) is 0 Å². The van der Waals surface area contributed by atoms with E-state index in [2.05, 4.69) is 51.6 Å². The summed E-state index contributed by atoms with van der Waals surface area (Å²) in [6.07, 6.45) is 4.95. The molecule has 2 N–H and O–H groups in total. The molecule has 0 spiro atoms. The summed E-state index contributed by atoms with van der Waals surface area (Å²) in [4.78, 5) is 17.6. The molecule has 7 rings (SSSR count). The van der Waals surface area contributed by atoms with Gasteiger partial charge in [-0.25, -0.2) is 13.4 Å². The summed E-state index contributed by atoms with van der Waals surface area (Å²) < 4.78 is 33.2. The first-order valence-corrected chi connectivity index (χ1v) is 19.3. The van der Waals surface area contributed by atoms with Crippen molar-refractivity contribution in [2.75, 3.05) is 69.5 Å². The molecular weight excluding hydrogens is 659 g/mol. The Balaban J connectivity index is 1.09. The maximum atomic E-state index is 13.7. The third kappa shape index (κ3) is 7.80. The van der Waals surface area contributed by atoms with Crippen LogP contribution in [0, 0.1) is 5.92 Å². The van der Waals surface area contributed by atoms with Crippen molar-refractivity contribution in [3.05, 3.63) is 97.1 Å². The van der Waals surface area contributed by atoms with Crippen molar-refractivity contribution in [1.82, 2.24) is 19.8 Å². The Labute approximate surface area is 301 Å². The van der Waals surface area contributed by atoms with Gasteiger partial charge in [-0.15, -0.1) is 0 Å². The molecule has 2 saturated heterocycles. The third-order valence-electron chi connectivity index (χ3n) is 10.0. The highest BCUT2D eigenvalue weighted by Crippen LogP contribution is 2.36. The molecule has 2 aliphatic rings. The fourth-order valence-corrected chi connectivity index (χ4v) is 9.01. The number of ether oxygens (including phenoxy) is 1. The van der Waals surface area contributed by atoms with Crippen molar-refractivity contribution in [2.24, 2.45) is 5.92 Å². The Kier molecular flexibility index (Phi) is 10.4. The number of hydrogen-bond acceptors (Lipinski definition) is 10. The number of fused-ring (bicyclic) bond motifs is 1. The van der Waals surface area contributed by atoms with Gasteiger partial charge in [-0.3, -0.25) is 4.90 Å². The van der Waals surface area contributed by atoms with Crippen LogP contribution in [0.15, 0.2) is 107 Å². The normalized spacial score (nSPS) is 17.5. The molecule has 0 saturated carbocycles.